The first-order valence-electron chi connectivity index (χ1n) is 9.14. The highest BCUT2D eigenvalue weighted by molar-refractivity contribution is 9.10. The number of nitrogens with one attached hydrogen (secondary N) is 1. The molecule has 0 unspecified atom stereocenters. The predicted molar refractivity (Wildman–Crippen MR) is 104 cm³/mol. The number of aromatic amines is 1. The van der Waals surface area contributed by atoms with Crippen LogP contribution >= 0.6 is 15.9 Å². The lowest BCUT2D eigenvalue weighted by atomic mass is 9.98. The number of H-pyrrole nitrogens is 1. The molecular weight excluding hydrogens is 394 g/mol. The normalized spacial score (nSPS) is 24.9. The number of benzene rings is 1. The maximum Gasteiger partial charge on any atom is 0.411 e. The number of hydrogen-bond acceptors (Lipinski definition) is 3. The summed E-state index contributed by atoms with van der Waals surface area (Å²) in [5.74, 6) is 1.32. The lowest BCUT2D eigenvalue weighted by Crippen LogP contribution is -2.43. The van der Waals surface area contributed by atoms with Gasteiger partial charge in [0, 0.05) is 10.5 Å². The molecule has 0 spiro atoms. The zero-order valence-electron chi connectivity index (χ0n) is 15.3. The van der Waals surface area contributed by atoms with Crippen molar-refractivity contribution in [3.05, 3.63) is 40.8 Å². The monoisotopic (exact) mass is 417 g/mol. The van der Waals surface area contributed by atoms with Crippen LogP contribution in [0.3, 0.4) is 0 Å². The first kappa shape index (κ1) is 17.6. The highest BCUT2D eigenvalue weighted by Crippen LogP contribution is 2.50. The van der Waals surface area contributed by atoms with Gasteiger partial charge in [0.2, 0.25) is 0 Å². The molecule has 0 radical (unpaired) electrons. The molecule has 2 aromatic rings. The second kappa shape index (κ2) is 6.41. The van der Waals surface area contributed by atoms with Gasteiger partial charge in [0.05, 0.1) is 17.9 Å². The quantitative estimate of drug-likeness (QED) is 0.720. The van der Waals surface area contributed by atoms with Crippen molar-refractivity contribution >= 4 is 22.0 Å². The molecule has 2 fully saturated rings. The van der Waals surface area contributed by atoms with Gasteiger partial charge in [-0.3, -0.25) is 4.90 Å². The van der Waals surface area contributed by atoms with Crippen molar-refractivity contribution in [3.8, 4) is 11.3 Å². The highest BCUT2D eigenvalue weighted by atomic mass is 79.9. The van der Waals surface area contributed by atoms with Crippen molar-refractivity contribution in [1.29, 1.82) is 0 Å². The number of hydrogen-bond donors (Lipinski definition) is 1. The van der Waals surface area contributed by atoms with Gasteiger partial charge in [0.15, 0.2) is 0 Å². The van der Waals surface area contributed by atoms with E-state index in [9.17, 15) is 4.79 Å². The minimum Gasteiger partial charge on any atom is -0.444 e. The number of amides is 1. The van der Waals surface area contributed by atoms with Crippen molar-refractivity contribution in [2.75, 3.05) is 0 Å². The van der Waals surface area contributed by atoms with Gasteiger partial charge in [-0.1, -0.05) is 28.1 Å². The van der Waals surface area contributed by atoms with Crippen LogP contribution in [0.4, 0.5) is 4.79 Å². The van der Waals surface area contributed by atoms with Crippen molar-refractivity contribution in [2.24, 2.45) is 5.92 Å². The van der Waals surface area contributed by atoms with E-state index < -0.39 is 5.60 Å². The molecule has 1 saturated heterocycles. The summed E-state index contributed by atoms with van der Waals surface area (Å²) in [6, 6.07) is 8.37. The molecule has 1 aromatic heterocycles. The molecule has 26 heavy (non-hydrogen) atoms. The zero-order valence-corrected chi connectivity index (χ0v) is 16.9. The maximum absolute atomic E-state index is 12.8. The molecule has 1 aromatic carbocycles. The third kappa shape index (κ3) is 3.27. The molecule has 2 aliphatic rings. The summed E-state index contributed by atoms with van der Waals surface area (Å²) < 4.78 is 6.72. The van der Waals surface area contributed by atoms with Gasteiger partial charge in [0.25, 0.3) is 0 Å². The number of piperidine rings is 1. The molecule has 2 heterocycles. The number of nitrogens with zero attached hydrogens (tertiary/aromatic N) is 2. The van der Waals surface area contributed by atoms with Crippen LogP contribution in [0.25, 0.3) is 11.3 Å². The molecule has 1 saturated carbocycles. The molecular formula is C20H24BrN3O2. The van der Waals surface area contributed by atoms with Gasteiger partial charge in [-0.15, -0.1) is 0 Å². The van der Waals surface area contributed by atoms with Crippen LogP contribution in [0, 0.1) is 5.92 Å². The number of ether oxygens (including phenoxy) is 1. The fraction of sp³-hybridized carbons (Fsp3) is 0.500. The fourth-order valence-corrected chi connectivity index (χ4v) is 4.44. The third-order valence-electron chi connectivity index (χ3n) is 5.22. The molecule has 138 valence electrons. The van der Waals surface area contributed by atoms with E-state index in [-0.39, 0.29) is 18.2 Å². The lowest BCUT2D eigenvalue weighted by Gasteiger charge is -2.35. The van der Waals surface area contributed by atoms with Gasteiger partial charge in [-0.25, -0.2) is 9.78 Å². The van der Waals surface area contributed by atoms with E-state index in [1.54, 1.807) is 0 Å². The Morgan fingerprint density at radius 3 is 2.69 bits per heavy atom. The van der Waals surface area contributed by atoms with Gasteiger partial charge >= 0.3 is 6.09 Å². The predicted octanol–water partition coefficient (Wildman–Crippen LogP) is 5.30. The van der Waals surface area contributed by atoms with E-state index in [0.29, 0.717) is 5.92 Å². The van der Waals surface area contributed by atoms with Gasteiger partial charge in [0.1, 0.15) is 11.4 Å². The smallest absolute Gasteiger partial charge is 0.411 e. The minimum atomic E-state index is -0.491. The van der Waals surface area contributed by atoms with Crippen molar-refractivity contribution in [1.82, 2.24) is 14.9 Å². The van der Waals surface area contributed by atoms with Gasteiger partial charge in [-0.05, 0) is 63.6 Å². The molecule has 6 heteroatoms. The minimum absolute atomic E-state index is 0.0206. The van der Waals surface area contributed by atoms with E-state index in [0.717, 1.165) is 40.8 Å². The second-order valence-corrected chi connectivity index (χ2v) is 9.16. The molecule has 1 amide bonds. The van der Waals surface area contributed by atoms with Crippen LogP contribution in [0.15, 0.2) is 34.9 Å². The van der Waals surface area contributed by atoms with Crippen molar-refractivity contribution < 1.29 is 9.53 Å². The number of likely N-dealkylation sites (tertiary alicyclic amines) is 1. The standard InChI is InChI=1S/C20H24BrN3O2/c1-20(2,3)26-19(25)24-15-9-6-13(10-15)17(24)18-22-11-16(23-18)12-4-7-14(21)8-5-12/h4-5,7-8,11,13,15,17H,6,9-10H2,1-3H3,(H,22,23)/t13-,15+,17+/m1/s1. The average Bonchev–Trinajstić information content (AvgIpc) is 3.28. The van der Waals surface area contributed by atoms with Crippen molar-refractivity contribution in [3.63, 3.8) is 0 Å². The van der Waals surface area contributed by atoms with Crippen LogP contribution in [0.5, 0.6) is 0 Å². The van der Waals surface area contributed by atoms with Crippen molar-refractivity contribution in [2.45, 2.75) is 57.7 Å². The Kier molecular flexibility index (Phi) is 4.34. The molecule has 1 N–H and O–H groups in total. The Morgan fingerprint density at radius 1 is 1.27 bits per heavy atom. The molecule has 4 rings (SSSR count). The van der Waals surface area contributed by atoms with Crippen LogP contribution < -0.4 is 0 Å². The summed E-state index contributed by atoms with van der Waals surface area (Å²) in [5, 5.41) is 0. The van der Waals surface area contributed by atoms with E-state index in [1.165, 1.54) is 0 Å². The lowest BCUT2D eigenvalue weighted by molar-refractivity contribution is 0.00620. The Hall–Kier alpha value is -1.82. The Balaban J connectivity index is 1.61. The average molecular weight is 418 g/mol. The fourth-order valence-electron chi connectivity index (χ4n) is 4.18. The Bertz CT molecular complexity index is 809. The SMILES string of the molecule is CC(C)(C)OC(=O)N1[C@H]2CC[C@H](C2)[C@H]1c1ncc(-c2ccc(Br)cc2)[nH]1. The maximum atomic E-state index is 12.8. The summed E-state index contributed by atoms with van der Waals surface area (Å²) in [7, 11) is 0. The first-order chi connectivity index (χ1) is 12.3. The van der Waals surface area contributed by atoms with Gasteiger partial charge in [-0.2, -0.15) is 0 Å². The topological polar surface area (TPSA) is 58.2 Å². The summed E-state index contributed by atoms with van der Waals surface area (Å²) in [4.78, 5) is 22.8. The van der Waals surface area contributed by atoms with Gasteiger partial charge < -0.3 is 9.72 Å². The van der Waals surface area contributed by atoms with Crippen LogP contribution in [0.1, 0.15) is 51.9 Å². The number of carbonyl (C=O) groups is 1. The molecule has 3 atom stereocenters. The van der Waals surface area contributed by atoms with E-state index in [2.05, 4.69) is 25.9 Å². The molecule has 1 aliphatic carbocycles. The number of fused-ring (bicyclic) bond motifs is 2. The number of imidazole rings is 1. The number of halogens is 1. The summed E-state index contributed by atoms with van der Waals surface area (Å²) >= 11 is 3.46. The third-order valence-corrected chi connectivity index (χ3v) is 5.75. The Morgan fingerprint density at radius 2 is 2.00 bits per heavy atom. The molecule has 5 nitrogen and oxygen atoms in total. The van der Waals surface area contributed by atoms with Crippen LogP contribution in [-0.2, 0) is 4.74 Å². The molecule has 1 aliphatic heterocycles. The second-order valence-electron chi connectivity index (χ2n) is 8.25. The summed E-state index contributed by atoms with van der Waals surface area (Å²) in [6.07, 6.45) is 4.87. The van der Waals surface area contributed by atoms with E-state index >= 15 is 0 Å². The number of carbonyl (C=O) groups excluding carboxylic acids is 1. The van der Waals surface area contributed by atoms with Crippen LogP contribution in [0.2, 0.25) is 0 Å². The Labute approximate surface area is 162 Å². The van der Waals surface area contributed by atoms with E-state index in [1.807, 2.05) is 56.1 Å². The number of aromatic nitrogens is 2. The highest BCUT2D eigenvalue weighted by Gasteiger charge is 2.51. The van der Waals surface area contributed by atoms with E-state index in [4.69, 9.17) is 4.74 Å². The largest absolute Gasteiger partial charge is 0.444 e. The van der Waals surface area contributed by atoms with Crippen LogP contribution in [-0.4, -0.2) is 32.6 Å². The first-order valence-corrected chi connectivity index (χ1v) is 9.93. The molecule has 2 bridgehead atoms. The summed E-state index contributed by atoms with van der Waals surface area (Å²) in [6.45, 7) is 5.73. The number of rotatable bonds is 2. The zero-order chi connectivity index (χ0) is 18.5. The summed E-state index contributed by atoms with van der Waals surface area (Å²) in [5.41, 5.74) is 1.56.